The number of hydrogen-bond acceptors (Lipinski definition) is 3. The maximum Gasteiger partial charge on any atom is 0.326 e. The molecule has 0 saturated heterocycles. The highest BCUT2D eigenvalue weighted by atomic mass is 16.4. The molecule has 110 valence electrons. The van der Waals surface area contributed by atoms with Crippen molar-refractivity contribution >= 4 is 22.8 Å². The molecule has 2 aromatic rings. The molecule has 0 bridgehead atoms. The summed E-state index contributed by atoms with van der Waals surface area (Å²) in [6.07, 6.45) is 0.299. The fraction of sp³-hybridized carbons (Fsp3) is 0.333. The summed E-state index contributed by atoms with van der Waals surface area (Å²) in [6, 6.07) is 6.18. The molecule has 6 nitrogen and oxygen atoms in total. The summed E-state index contributed by atoms with van der Waals surface area (Å²) in [6.45, 7) is 1.82. The van der Waals surface area contributed by atoms with Gasteiger partial charge in [-0.15, -0.1) is 0 Å². The highest BCUT2D eigenvalue weighted by molar-refractivity contribution is 5.90. The van der Waals surface area contributed by atoms with E-state index in [1.165, 1.54) is 4.90 Å². The lowest BCUT2D eigenvalue weighted by Crippen LogP contribution is -2.53. The van der Waals surface area contributed by atoms with E-state index in [1.54, 1.807) is 6.92 Å². The van der Waals surface area contributed by atoms with Crippen molar-refractivity contribution in [1.29, 1.82) is 0 Å². The maximum absolute atomic E-state index is 12.2. The highest BCUT2D eigenvalue weighted by Gasteiger charge is 2.37. The predicted octanol–water partition coefficient (Wildman–Crippen LogP) is 0.853. The number of carbonyl (C=O) groups is 2. The largest absolute Gasteiger partial charge is 0.480 e. The first-order valence-electron chi connectivity index (χ1n) is 6.86. The van der Waals surface area contributed by atoms with Crippen molar-refractivity contribution < 1.29 is 14.7 Å². The molecule has 1 amide bonds. The lowest BCUT2D eigenvalue weighted by molar-refractivity contribution is -0.151. The molecular formula is C15H17N3O3. The van der Waals surface area contributed by atoms with Crippen molar-refractivity contribution in [2.45, 2.75) is 32.0 Å². The Morgan fingerprint density at radius 2 is 2.14 bits per heavy atom. The Morgan fingerprint density at radius 1 is 1.43 bits per heavy atom. The fourth-order valence-corrected chi connectivity index (χ4v) is 2.92. The van der Waals surface area contributed by atoms with Gasteiger partial charge in [-0.2, -0.15) is 0 Å². The number of carboxylic acids is 1. The number of nitrogens with one attached hydrogen (secondary N) is 1. The van der Waals surface area contributed by atoms with Crippen LogP contribution in [0.25, 0.3) is 10.9 Å². The number of fused-ring (bicyclic) bond motifs is 3. The van der Waals surface area contributed by atoms with Crippen molar-refractivity contribution in [2.24, 2.45) is 5.73 Å². The Morgan fingerprint density at radius 3 is 2.81 bits per heavy atom. The lowest BCUT2D eigenvalue weighted by Gasteiger charge is -2.34. The molecule has 1 aliphatic heterocycles. The molecule has 0 aliphatic carbocycles. The molecule has 1 aromatic carbocycles. The van der Waals surface area contributed by atoms with E-state index in [2.05, 4.69) is 4.98 Å². The van der Waals surface area contributed by atoms with Gasteiger partial charge in [-0.1, -0.05) is 18.2 Å². The smallest absolute Gasteiger partial charge is 0.326 e. The molecule has 4 N–H and O–H groups in total. The monoisotopic (exact) mass is 287 g/mol. The van der Waals surface area contributed by atoms with Gasteiger partial charge in [0.2, 0.25) is 5.91 Å². The van der Waals surface area contributed by atoms with Gasteiger partial charge >= 0.3 is 5.97 Å². The molecule has 6 heteroatoms. The van der Waals surface area contributed by atoms with E-state index in [9.17, 15) is 14.7 Å². The molecule has 2 atom stereocenters. The number of hydrogen-bond donors (Lipinski definition) is 3. The molecule has 0 saturated carbocycles. The van der Waals surface area contributed by atoms with Gasteiger partial charge in [-0.3, -0.25) is 4.79 Å². The van der Waals surface area contributed by atoms with Gasteiger partial charge < -0.3 is 20.7 Å². The van der Waals surface area contributed by atoms with Crippen LogP contribution in [0.5, 0.6) is 0 Å². The Balaban J connectivity index is 2.07. The zero-order chi connectivity index (χ0) is 15.1. The van der Waals surface area contributed by atoms with Crippen LogP contribution in [0, 0.1) is 0 Å². The van der Waals surface area contributed by atoms with E-state index >= 15 is 0 Å². The van der Waals surface area contributed by atoms with Crippen LogP contribution in [0.3, 0.4) is 0 Å². The van der Waals surface area contributed by atoms with Crippen LogP contribution in [0.15, 0.2) is 24.3 Å². The van der Waals surface area contributed by atoms with E-state index in [0.29, 0.717) is 6.42 Å². The van der Waals surface area contributed by atoms with Gasteiger partial charge in [0.05, 0.1) is 12.6 Å². The number of rotatable bonds is 2. The van der Waals surface area contributed by atoms with Crippen molar-refractivity contribution in [3.63, 3.8) is 0 Å². The van der Waals surface area contributed by atoms with Crippen LogP contribution in [-0.2, 0) is 22.6 Å². The SMILES string of the molecule is C[C@H](N)C(=O)N1Cc2[nH]c3ccccc3c2C[C@H]1C(=O)O. The summed E-state index contributed by atoms with van der Waals surface area (Å²) < 4.78 is 0. The first-order chi connectivity index (χ1) is 9.99. The van der Waals surface area contributed by atoms with E-state index in [4.69, 9.17) is 5.73 Å². The molecule has 1 aliphatic rings. The first-order valence-corrected chi connectivity index (χ1v) is 6.86. The summed E-state index contributed by atoms with van der Waals surface area (Å²) in [7, 11) is 0. The topological polar surface area (TPSA) is 99.4 Å². The van der Waals surface area contributed by atoms with Gasteiger partial charge in [0, 0.05) is 23.0 Å². The summed E-state index contributed by atoms with van der Waals surface area (Å²) in [5.41, 5.74) is 8.46. The van der Waals surface area contributed by atoms with Crippen molar-refractivity contribution in [3.05, 3.63) is 35.5 Å². The third kappa shape index (κ3) is 2.17. The Hall–Kier alpha value is -2.34. The predicted molar refractivity (Wildman–Crippen MR) is 77.6 cm³/mol. The molecule has 0 unspecified atom stereocenters. The van der Waals surface area contributed by atoms with E-state index in [-0.39, 0.29) is 12.5 Å². The molecule has 0 radical (unpaired) electrons. The average Bonchev–Trinajstić information content (AvgIpc) is 2.82. The summed E-state index contributed by atoms with van der Waals surface area (Å²) in [4.78, 5) is 28.3. The number of aromatic nitrogens is 1. The van der Waals surface area contributed by atoms with Crippen molar-refractivity contribution in [3.8, 4) is 0 Å². The van der Waals surface area contributed by atoms with E-state index in [0.717, 1.165) is 22.2 Å². The van der Waals surface area contributed by atoms with Crippen molar-refractivity contribution in [1.82, 2.24) is 9.88 Å². The number of nitrogens with two attached hydrogens (primary N) is 1. The lowest BCUT2D eigenvalue weighted by atomic mass is 9.96. The second-order valence-corrected chi connectivity index (χ2v) is 5.44. The third-order valence-electron chi connectivity index (χ3n) is 3.96. The Kier molecular flexibility index (Phi) is 3.17. The second kappa shape index (κ2) is 4.89. The van der Waals surface area contributed by atoms with Crippen molar-refractivity contribution in [2.75, 3.05) is 0 Å². The number of aliphatic carboxylic acids is 1. The molecule has 2 heterocycles. The van der Waals surface area contributed by atoms with Gasteiger partial charge in [0.15, 0.2) is 0 Å². The van der Waals surface area contributed by atoms with Gasteiger partial charge in [0.1, 0.15) is 6.04 Å². The Labute approximate surface area is 121 Å². The minimum absolute atomic E-state index is 0.251. The number of amides is 1. The zero-order valence-electron chi connectivity index (χ0n) is 11.7. The highest BCUT2D eigenvalue weighted by Crippen LogP contribution is 2.30. The van der Waals surface area contributed by atoms with E-state index < -0.39 is 18.1 Å². The molecule has 0 spiro atoms. The van der Waals surface area contributed by atoms with E-state index in [1.807, 2.05) is 24.3 Å². The summed E-state index contributed by atoms with van der Waals surface area (Å²) in [5.74, 6) is -1.34. The van der Waals surface area contributed by atoms with Crippen LogP contribution >= 0.6 is 0 Å². The zero-order valence-corrected chi connectivity index (χ0v) is 11.7. The molecular weight excluding hydrogens is 270 g/mol. The number of carboxylic acid groups (broad SMARTS) is 1. The number of nitrogens with zero attached hydrogens (tertiary/aromatic N) is 1. The molecule has 1 aromatic heterocycles. The Bertz CT molecular complexity index is 720. The number of aromatic amines is 1. The number of carbonyl (C=O) groups excluding carboxylic acids is 1. The molecule has 0 fully saturated rings. The van der Waals surface area contributed by atoms with Gasteiger partial charge in [-0.05, 0) is 18.6 Å². The normalized spacial score (nSPS) is 19.3. The minimum Gasteiger partial charge on any atom is -0.480 e. The number of H-pyrrole nitrogens is 1. The number of benzene rings is 1. The maximum atomic E-state index is 12.2. The average molecular weight is 287 g/mol. The second-order valence-electron chi connectivity index (χ2n) is 5.44. The summed E-state index contributed by atoms with van der Waals surface area (Å²) >= 11 is 0. The number of para-hydroxylation sites is 1. The fourth-order valence-electron chi connectivity index (χ4n) is 2.92. The molecule has 21 heavy (non-hydrogen) atoms. The van der Waals surface area contributed by atoms with Crippen LogP contribution in [-0.4, -0.2) is 39.0 Å². The van der Waals surface area contributed by atoms with Crippen LogP contribution in [0.1, 0.15) is 18.2 Å². The quantitative estimate of drug-likeness (QED) is 0.762. The minimum atomic E-state index is -1.00. The third-order valence-corrected chi connectivity index (χ3v) is 3.96. The van der Waals surface area contributed by atoms with Gasteiger partial charge in [0.25, 0.3) is 0 Å². The van der Waals surface area contributed by atoms with Gasteiger partial charge in [-0.25, -0.2) is 4.79 Å². The van der Waals surface area contributed by atoms with Crippen LogP contribution < -0.4 is 5.73 Å². The molecule has 3 rings (SSSR count). The first kappa shape index (κ1) is 13.6. The standard InChI is InChI=1S/C15H17N3O3/c1-8(16)14(19)18-7-12-10(6-13(18)15(20)21)9-4-2-3-5-11(9)17-12/h2-5,8,13,17H,6-7,16H2,1H3,(H,20,21)/t8-,13-/m0/s1. The van der Waals surface area contributed by atoms with Crippen LogP contribution in [0.2, 0.25) is 0 Å². The van der Waals surface area contributed by atoms with Crippen LogP contribution in [0.4, 0.5) is 0 Å². The summed E-state index contributed by atoms with van der Waals surface area (Å²) in [5, 5.41) is 10.4.